The number of carbonyl (C=O) groups is 1. The zero-order chi connectivity index (χ0) is 16.7. The summed E-state index contributed by atoms with van der Waals surface area (Å²) in [5.74, 6) is 0.332. The topological polar surface area (TPSA) is 63.9 Å². The van der Waals surface area contributed by atoms with Crippen LogP contribution in [0.1, 0.15) is 39.7 Å². The number of carbonyl (C=O) groups excluding carboxylic acids is 1. The molecule has 1 atom stereocenters. The zero-order valence-electron chi connectivity index (χ0n) is 13.8. The number of hydrogen-bond donors (Lipinski definition) is 0. The first-order chi connectivity index (χ1) is 11.6. The lowest BCUT2D eigenvalue weighted by Gasteiger charge is -2.31. The monoisotopic (exact) mass is 341 g/mol. The summed E-state index contributed by atoms with van der Waals surface area (Å²) in [6.45, 7) is 3.52. The Hall–Kier alpha value is -2.28. The van der Waals surface area contributed by atoms with Gasteiger partial charge < -0.3 is 4.90 Å². The molecule has 1 aliphatic rings. The fourth-order valence-corrected chi connectivity index (χ4v) is 4.08. The molecule has 1 aliphatic heterocycles. The van der Waals surface area contributed by atoms with Gasteiger partial charge in [0.05, 0.1) is 11.3 Å². The summed E-state index contributed by atoms with van der Waals surface area (Å²) in [6, 6.07) is 1.97. The molecular formula is C17H19N5OS. The van der Waals surface area contributed by atoms with Gasteiger partial charge in [0.2, 0.25) is 0 Å². The Bertz CT molecular complexity index is 899. The maximum Gasteiger partial charge on any atom is 0.254 e. The third kappa shape index (κ3) is 2.58. The van der Waals surface area contributed by atoms with Crippen LogP contribution in [0, 0.1) is 6.92 Å². The lowest BCUT2D eigenvalue weighted by molar-refractivity contribution is 0.0706. The predicted molar refractivity (Wildman–Crippen MR) is 93.2 cm³/mol. The van der Waals surface area contributed by atoms with E-state index in [9.17, 15) is 4.79 Å². The molecule has 0 radical (unpaired) electrons. The smallest absolute Gasteiger partial charge is 0.254 e. The summed E-state index contributed by atoms with van der Waals surface area (Å²) in [4.78, 5) is 24.7. The minimum atomic E-state index is 0.121. The van der Waals surface area contributed by atoms with Crippen molar-refractivity contribution in [2.45, 2.75) is 25.7 Å². The van der Waals surface area contributed by atoms with Crippen molar-refractivity contribution in [1.82, 2.24) is 24.6 Å². The Morgan fingerprint density at radius 1 is 1.33 bits per heavy atom. The number of nitrogens with zero attached hydrogens (tertiary/aromatic N) is 5. The van der Waals surface area contributed by atoms with Crippen LogP contribution >= 0.6 is 11.3 Å². The fourth-order valence-electron chi connectivity index (χ4n) is 3.40. The van der Waals surface area contributed by atoms with Gasteiger partial charge >= 0.3 is 0 Å². The molecule has 3 aromatic rings. The first-order valence-electron chi connectivity index (χ1n) is 8.11. The van der Waals surface area contributed by atoms with Crippen molar-refractivity contribution in [3.63, 3.8) is 0 Å². The molecule has 0 aliphatic carbocycles. The molecule has 24 heavy (non-hydrogen) atoms. The van der Waals surface area contributed by atoms with E-state index in [1.165, 1.54) is 0 Å². The highest BCUT2D eigenvalue weighted by molar-refractivity contribution is 7.10. The van der Waals surface area contributed by atoms with Crippen LogP contribution in [0.5, 0.6) is 0 Å². The second-order valence-corrected chi connectivity index (χ2v) is 7.39. The van der Waals surface area contributed by atoms with Crippen LogP contribution < -0.4 is 0 Å². The van der Waals surface area contributed by atoms with E-state index in [0.29, 0.717) is 6.54 Å². The lowest BCUT2D eigenvalue weighted by atomic mass is 9.94. The summed E-state index contributed by atoms with van der Waals surface area (Å²) >= 11 is 1.62. The van der Waals surface area contributed by atoms with Crippen LogP contribution in [-0.4, -0.2) is 43.6 Å². The molecule has 0 saturated carbocycles. The molecule has 1 fully saturated rings. The number of thiophene rings is 1. The molecule has 0 unspecified atom stereocenters. The summed E-state index contributed by atoms with van der Waals surface area (Å²) in [7, 11) is 1.89. The van der Waals surface area contributed by atoms with Gasteiger partial charge in [-0.3, -0.25) is 4.79 Å². The van der Waals surface area contributed by atoms with E-state index in [-0.39, 0.29) is 11.8 Å². The average molecular weight is 341 g/mol. The van der Waals surface area contributed by atoms with E-state index in [0.717, 1.165) is 46.7 Å². The number of amides is 1. The van der Waals surface area contributed by atoms with E-state index < -0.39 is 0 Å². The highest BCUT2D eigenvalue weighted by Crippen LogP contribution is 2.30. The van der Waals surface area contributed by atoms with E-state index in [2.05, 4.69) is 15.1 Å². The highest BCUT2D eigenvalue weighted by Gasteiger charge is 2.29. The van der Waals surface area contributed by atoms with E-state index in [4.69, 9.17) is 0 Å². The van der Waals surface area contributed by atoms with Crippen molar-refractivity contribution in [2.75, 3.05) is 13.1 Å². The molecule has 6 nitrogen and oxygen atoms in total. The molecule has 3 aromatic heterocycles. The van der Waals surface area contributed by atoms with Crippen molar-refractivity contribution in [3.8, 4) is 0 Å². The number of aryl methyl sites for hydroxylation is 2. The molecule has 0 N–H and O–H groups in total. The van der Waals surface area contributed by atoms with Crippen molar-refractivity contribution < 1.29 is 4.79 Å². The third-order valence-electron chi connectivity index (χ3n) is 4.56. The van der Waals surface area contributed by atoms with Crippen molar-refractivity contribution >= 4 is 28.4 Å². The van der Waals surface area contributed by atoms with Crippen LogP contribution in [0.3, 0.4) is 0 Å². The second kappa shape index (κ2) is 5.98. The average Bonchev–Trinajstić information content (AvgIpc) is 3.19. The largest absolute Gasteiger partial charge is 0.338 e. The molecule has 4 rings (SSSR count). The number of fused-ring (bicyclic) bond motifs is 1. The zero-order valence-corrected chi connectivity index (χ0v) is 14.6. The van der Waals surface area contributed by atoms with E-state index in [1.807, 2.05) is 30.3 Å². The van der Waals surface area contributed by atoms with Gasteiger partial charge in [0.1, 0.15) is 5.52 Å². The Labute approximate surface area is 144 Å². The second-order valence-electron chi connectivity index (χ2n) is 6.27. The number of rotatable bonds is 2. The maximum absolute atomic E-state index is 12.7. The third-order valence-corrected chi connectivity index (χ3v) is 5.42. The first kappa shape index (κ1) is 15.3. The number of likely N-dealkylation sites (tertiary alicyclic amines) is 1. The minimum absolute atomic E-state index is 0.121. The van der Waals surface area contributed by atoms with E-state index >= 15 is 0 Å². The maximum atomic E-state index is 12.7. The standard InChI is InChI=1S/C17H19N5OS/c1-11-8-13(10-24-11)17(23)22-7-3-4-12(9-22)14-15-16(21(2)20-14)19-6-5-18-15/h5-6,8,10,12H,3-4,7,9H2,1-2H3/t12-/m1/s1. The van der Waals surface area contributed by atoms with Crippen LogP contribution in [0.2, 0.25) is 0 Å². The van der Waals surface area contributed by atoms with Gasteiger partial charge in [-0.25, -0.2) is 14.6 Å². The van der Waals surface area contributed by atoms with Crippen molar-refractivity contribution in [3.05, 3.63) is 40.0 Å². The normalized spacial score (nSPS) is 18.2. The summed E-state index contributed by atoms with van der Waals surface area (Å²) < 4.78 is 1.78. The van der Waals surface area contributed by atoms with E-state index in [1.54, 1.807) is 28.4 Å². The van der Waals surface area contributed by atoms with Gasteiger partial charge in [-0.05, 0) is 25.8 Å². The van der Waals surface area contributed by atoms with Crippen molar-refractivity contribution in [2.24, 2.45) is 7.05 Å². The van der Waals surface area contributed by atoms with Gasteiger partial charge in [-0.2, -0.15) is 5.10 Å². The Morgan fingerprint density at radius 2 is 2.17 bits per heavy atom. The molecular weight excluding hydrogens is 322 g/mol. The molecule has 0 spiro atoms. The van der Waals surface area contributed by atoms with Gasteiger partial charge in [0, 0.05) is 48.7 Å². The molecule has 0 bridgehead atoms. The molecule has 7 heteroatoms. The molecule has 1 amide bonds. The van der Waals surface area contributed by atoms with Gasteiger partial charge in [0.15, 0.2) is 5.65 Å². The SMILES string of the molecule is Cc1cc(C(=O)N2CCC[C@@H](c3nn(C)c4nccnc34)C2)cs1. The first-order valence-corrected chi connectivity index (χ1v) is 8.99. The number of piperidine rings is 1. The highest BCUT2D eigenvalue weighted by atomic mass is 32.1. The van der Waals surface area contributed by atoms with Crippen LogP contribution in [-0.2, 0) is 7.05 Å². The number of hydrogen-bond acceptors (Lipinski definition) is 5. The summed E-state index contributed by atoms with van der Waals surface area (Å²) in [5, 5.41) is 6.59. The van der Waals surface area contributed by atoms with Gasteiger partial charge in [0.25, 0.3) is 5.91 Å². The lowest BCUT2D eigenvalue weighted by Crippen LogP contribution is -2.39. The predicted octanol–water partition coefficient (Wildman–Crippen LogP) is 2.75. The van der Waals surface area contributed by atoms with Crippen LogP contribution in [0.4, 0.5) is 0 Å². The summed E-state index contributed by atoms with van der Waals surface area (Å²) in [6.07, 6.45) is 5.39. The number of aromatic nitrogens is 4. The van der Waals surface area contributed by atoms with Gasteiger partial charge in [-0.15, -0.1) is 11.3 Å². The minimum Gasteiger partial charge on any atom is -0.338 e. The van der Waals surface area contributed by atoms with Crippen LogP contribution in [0.25, 0.3) is 11.2 Å². The molecule has 1 saturated heterocycles. The molecule has 0 aromatic carbocycles. The Balaban J connectivity index is 1.61. The Morgan fingerprint density at radius 3 is 2.96 bits per heavy atom. The fraction of sp³-hybridized carbons (Fsp3) is 0.412. The summed E-state index contributed by atoms with van der Waals surface area (Å²) in [5.41, 5.74) is 3.40. The molecule has 124 valence electrons. The molecule has 4 heterocycles. The quantitative estimate of drug-likeness (QED) is 0.719. The van der Waals surface area contributed by atoms with Crippen LogP contribution in [0.15, 0.2) is 23.8 Å². The van der Waals surface area contributed by atoms with Crippen molar-refractivity contribution in [1.29, 1.82) is 0 Å². The van der Waals surface area contributed by atoms with Gasteiger partial charge in [-0.1, -0.05) is 0 Å². The Kier molecular flexibility index (Phi) is 3.80.